The smallest absolute Gasteiger partial charge is 0.167 e. The van der Waals surface area contributed by atoms with Crippen molar-refractivity contribution in [3.05, 3.63) is 93.3 Å². The fraction of sp³-hybridized carbons (Fsp3) is 0.231. The highest BCUT2D eigenvalue weighted by Gasteiger charge is 2.23. The summed E-state index contributed by atoms with van der Waals surface area (Å²) in [7, 11) is 0. The van der Waals surface area contributed by atoms with Crippen molar-refractivity contribution in [2.75, 3.05) is 0 Å². The van der Waals surface area contributed by atoms with Crippen LogP contribution in [0.3, 0.4) is 0 Å². The van der Waals surface area contributed by atoms with Gasteiger partial charge in [0.1, 0.15) is 5.82 Å². The summed E-state index contributed by atoms with van der Waals surface area (Å²) in [5.41, 5.74) is 2.00. The lowest BCUT2D eigenvalue weighted by Crippen LogP contribution is -2.06. The molecule has 0 bridgehead atoms. The normalized spacial score (nSPS) is 13.2. The summed E-state index contributed by atoms with van der Waals surface area (Å²) in [5, 5.41) is 0. The van der Waals surface area contributed by atoms with Crippen molar-refractivity contribution >= 4 is 11.6 Å². The third kappa shape index (κ3) is 3.56. The molecule has 4 rings (SSSR count). The highest BCUT2D eigenvalue weighted by molar-refractivity contribution is 5.86. The Kier molecular flexibility index (Phi) is 5.69. The molecule has 1 aliphatic rings. The molecule has 31 heavy (non-hydrogen) atoms. The molecule has 160 valence electrons. The van der Waals surface area contributed by atoms with Gasteiger partial charge >= 0.3 is 0 Å². The van der Waals surface area contributed by atoms with Gasteiger partial charge in [0.15, 0.2) is 23.3 Å². The van der Waals surface area contributed by atoms with E-state index in [9.17, 15) is 17.6 Å². The minimum Gasteiger partial charge on any atom is -0.206 e. The first-order valence-corrected chi connectivity index (χ1v) is 10.3. The second kappa shape index (κ2) is 8.29. The molecule has 0 spiro atoms. The minimum atomic E-state index is -1.07. The monoisotopic (exact) mass is 428 g/mol. The lowest BCUT2D eigenvalue weighted by atomic mass is 9.85. The molecule has 0 fully saturated rings. The van der Waals surface area contributed by atoms with Crippen LogP contribution < -0.4 is 0 Å². The van der Waals surface area contributed by atoms with E-state index in [-0.39, 0.29) is 28.7 Å². The van der Waals surface area contributed by atoms with Crippen LogP contribution in [-0.4, -0.2) is 0 Å². The first kappa shape index (κ1) is 21.3. The second-order valence-corrected chi connectivity index (χ2v) is 7.67. The van der Waals surface area contributed by atoms with Gasteiger partial charge in [0.05, 0.1) is 0 Å². The summed E-state index contributed by atoms with van der Waals surface area (Å²) >= 11 is 0. The number of benzene rings is 3. The van der Waals surface area contributed by atoms with Crippen molar-refractivity contribution in [3.63, 3.8) is 0 Å². The third-order valence-electron chi connectivity index (χ3n) is 5.98. The van der Waals surface area contributed by atoms with Gasteiger partial charge in [-0.3, -0.25) is 0 Å². The lowest BCUT2D eigenvalue weighted by molar-refractivity contribution is 0.497. The molecule has 0 unspecified atom stereocenters. The summed E-state index contributed by atoms with van der Waals surface area (Å²) in [5.74, 6) is -4.42. The molecule has 0 aromatic heterocycles. The predicted molar refractivity (Wildman–Crippen MR) is 113 cm³/mol. The standard InChI is InChI=1S/C26H21F5/c1-3-14-5-9-19(25(30)22(14)27)17-7-10-18-16(13-17)8-12-20(24(18)29)21-11-6-15(4-2)23(28)26(21)31/h5-6,8-9,11-13H,3-4,7,10H2,1-2H3. The van der Waals surface area contributed by atoms with Gasteiger partial charge in [0.2, 0.25) is 0 Å². The molecule has 0 radical (unpaired) electrons. The quantitative estimate of drug-likeness (QED) is 0.374. The maximum Gasteiger partial charge on any atom is 0.167 e. The molecule has 0 aliphatic heterocycles. The molecule has 1 aliphatic carbocycles. The van der Waals surface area contributed by atoms with Crippen LogP contribution in [-0.2, 0) is 19.3 Å². The number of fused-ring (bicyclic) bond motifs is 1. The Morgan fingerprint density at radius 3 is 1.71 bits per heavy atom. The van der Waals surface area contributed by atoms with Crippen molar-refractivity contribution in [2.24, 2.45) is 0 Å². The number of hydrogen-bond donors (Lipinski definition) is 0. The Morgan fingerprint density at radius 2 is 1.10 bits per heavy atom. The molecular weight excluding hydrogens is 407 g/mol. The summed E-state index contributed by atoms with van der Waals surface area (Å²) in [6.07, 6.45) is 2.90. The number of allylic oxidation sites excluding steroid dienone is 1. The Hall–Kier alpha value is -2.95. The van der Waals surface area contributed by atoms with Crippen LogP contribution in [0.15, 0.2) is 36.4 Å². The van der Waals surface area contributed by atoms with Gasteiger partial charge in [0.25, 0.3) is 0 Å². The lowest BCUT2D eigenvalue weighted by Gasteiger charge is -2.20. The first-order chi connectivity index (χ1) is 14.9. The molecule has 0 N–H and O–H groups in total. The van der Waals surface area contributed by atoms with Crippen molar-refractivity contribution in [2.45, 2.75) is 39.5 Å². The van der Waals surface area contributed by atoms with Gasteiger partial charge in [0, 0.05) is 16.7 Å². The fourth-order valence-electron chi connectivity index (χ4n) is 4.15. The first-order valence-electron chi connectivity index (χ1n) is 10.3. The largest absolute Gasteiger partial charge is 0.206 e. The van der Waals surface area contributed by atoms with Crippen LogP contribution in [0.25, 0.3) is 22.8 Å². The van der Waals surface area contributed by atoms with Gasteiger partial charge in [-0.15, -0.1) is 0 Å². The Labute approximate surface area is 178 Å². The van der Waals surface area contributed by atoms with Crippen LogP contribution >= 0.6 is 0 Å². The number of hydrogen-bond acceptors (Lipinski definition) is 0. The maximum atomic E-state index is 15.3. The van der Waals surface area contributed by atoms with Crippen molar-refractivity contribution in [1.29, 1.82) is 0 Å². The van der Waals surface area contributed by atoms with Gasteiger partial charge in [-0.05, 0) is 53.5 Å². The van der Waals surface area contributed by atoms with Crippen molar-refractivity contribution in [3.8, 4) is 11.1 Å². The zero-order valence-corrected chi connectivity index (χ0v) is 17.3. The molecule has 3 aromatic rings. The average molecular weight is 428 g/mol. The number of aryl methyl sites for hydroxylation is 2. The van der Waals surface area contributed by atoms with E-state index in [2.05, 4.69) is 0 Å². The molecule has 5 heteroatoms. The molecule has 3 aromatic carbocycles. The van der Waals surface area contributed by atoms with E-state index in [1.165, 1.54) is 18.2 Å². The average Bonchev–Trinajstić information content (AvgIpc) is 2.78. The van der Waals surface area contributed by atoms with Crippen LogP contribution in [0, 0.1) is 29.1 Å². The number of rotatable bonds is 4. The van der Waals surface area contributed by atoms with E-state index in [1.54, 1.807) is 38.1 Å². The summed E-state index contributed by atoms with van der Waals surface area (Å²) in [4.78, 5) is 0. The highest BCUT2D eigenvalue weighted by atomic mass is 19.2. The zero-order chi connectivity index (χ0) is 22.3. The van der Waals surface area contributed by atoms with Crippen molar-refractivity contribution < 1.29 is 22.0 Å². The van der Waals surface area contributed by atoms with Crippen LogP contribution in [0.2, 0.25) is 0 Å². The van der Waals surface area contributed by atoms with Gasteiger partial charge in [-0.1, -0.05) is 56.3 Å². The Balaban J connectivity index is 1.77. The molecule has 0 atom stereocenters. The van der Waals surface area contributed by atoms with Gasteiger partial charge in [-0.25, -0.2) is 22.0 Å². The summed E-state index contributed by atoms with van der Waals surface area (Å²) < 4.78 is 72.8. The van der Waals surface area contributed by atoms with Gasteiger partial charge in [-0.2, -0.15) is 0 Å². The van der Waals surface area contributed by atoms with Crippen LogP contribution in [0.1, 0.15) is 48.1 Å². The second-order valence-electron chi connectivity index (χ2n) is 7.67. The van der Waals surface area contributed by atoms with Crippen LogP contribution in [0.4, 0.5) is 22.0 Å². The Bertz CT molecular complexity index is 1210. The molecule has 0 heterocycles. The van der Waals surface area contributed by atoms with Gasteiger partial charge < -0.3 is 0 Å². The molecule has 0 saturated carbocycles. The van der Waals surface area contributed by atoms with E-state index in [0.29, 0.717) is 41.5 Å². The fourth-order valence-corrected chi connectivity index (χ4v) is 4.15. The highest BCUT2D eigenvalue weighted by Crippen LogP contribution is 2.38. The van der Waals surface area contributed by atoms with Crippen molar-refractivity contribution in [1.82, 2.24) is 0 Å². The maximum absolute atomic E-state index is 15.3. The molecular formula is C26H21F5. The summed E-state index contributed by atoms with van der Waals surface area (Å²) in [6.45, 7) is 3.46. The zero-order valence-electron chi connectivity index (χ0n) is 17.3. The Morgan fingerprint density at radius 1 is 0.581 bits per heavy atom. The van der Waals surface area contributed by atoms with E-state index in [0.717, 1.165) is 0 Å². The van der Waals surface area contributed by atoms with E-state index < -0.39 is 29.1 Å². The topological polar surface area (TPSA) is 0 Å². The van der Waals surface area contributed by atoms with E-state index in [4.69, 9.17) is 0 Å². The molecule has 0 nitrogen and oxygen atoms in total. The minimum absolute atomic E-state index is 0.0147. The molecule has 0 amide bonds. The van der Waals surface area contributed by atoms with Crippen LogP contribution in [0.5, 0.6) is 0 Å². The SMILES string of the molecule is CCc1ccc(C2=Cc3ccc(-c4ccc(CC)c(F)c4F)c(F)c3CC2)c(F)c1F. The summed E-state index contributed by atoms with van der Waals surface area (Å²) in [6, 6.07) is 8.96. The number of halogens is 5. The third-order valence-corrected chi connectivity index (χ3v) is 5.98. The predicted octanol–water partition coefficient (Wildman–Crippen LogP) is 7.66. The molecule has 0 saturated heterocycles. The van der Waals surface area contributed by atoms with E-state index >= 15 is 4.39 Å². The van der Waals surface area contributed by atoms with E-state index in [1.807, 2.05) is 0 Å².